The summed E-state index contributed by atoms with van der Waals surface area (Å²) >= 11 is 0. The SMILES string of the molecule is CC[N+](CC)(CC)CC.O=C1CC(=O)O[B-]2(O1)OC(=O)CC(=O)O2. The highest BCUT2D eigenvalue weighted by molar-refractivity contribution is 6.63. The molecule has 0 radical (unpaired) electrons. The summed E-state index contributed by atoms with van der Waals surface area (Å²) in [7, 11) is 0. The first-order chi connectivity index (χ1) is 11.2. The van der Waals surface area contributed by atoms with E-state index in [1.165, 1.54) is 30.7 Å². The summed E-state index contributed by atoms with van der Waals surface area (Å²) in [5, 5.41) is 0. The zero-order chi connectivity index (χ0) is 18.4. The van der Waals surface area contributed by atoms with Gasteiger partial charge in [0.05, 0.1) is 26.2 Å². The first-order valence-electron chi connectivity index (χ1n) is 8.08. The summed E-state index contributed by atoms with van der Waals surface area (Å²) < 4.78 is 19.0. The van der Waals surface area contributed by atoms with E-state index in [1.807, 2.05) is 0 Å². The number of hydrogen-bond donors (Lipinski definition) is 0. The van der Waals surface area contributed by atoms with Gasteiger partial charge in [0.2, 0.25) is 0 Å². The number of carbonyl (C=O) groups excluding carboxylic acids is 4. The van der Waals surface area contributed by atoms with Crippen LogP contribution in [0.25, 0.3) is 0 Å². The lowest BCUT2D eigenvalue weighted by molar-refractivity contribution is -0.921. The quantitative estimate of drug-likeness (QED) is 0.407. The van der Waals surface area contributed by atoms with Gasteiger partial charge < -0.3 is 23.1 Å². The van der Waals surface area contributed by atoms with Gasteiger partial charge in [-0.25, -0.2) is 0 Å². The second-order valence-electron chi connectivity index (χ2n) is 5.50. The molecule has 0 N–H and O–H groups in total. The Bertz CT molecular complexity index is 428. The van der Waals surface area contributed by atoms with Gasteiger partial charge in [-0.2, -0.15) is 0 Å². The van der Waals surface area contributed by atoms with Gasteiger partial charge in [-0.3, -0.25) is 19.2 Å². The van der Waals surface area contributed by atoms with Gasteiger partial charge in [0.1, 0.15) is 12.8 Å². The Morgan fingerprint density at radius 2 is 0.917 bits per heavy atom. The number of quaternary nitrogens is 1. The maximum absolute atomic E-state index is 10.9. The highest BCUT2D eigenvalue weighted by atomic mass is 16.9. The van der Waals surface area contributed by atoms with Crippen molar-refractivity contribution in [1.82, 2.24) is 0 Å². The van der Waals surface area contributed by atoms with Gasteiger partial charge in [-0.15, -0.1) is 0 Å². The van der Waals surface area contributed by atoms with Gasteiger partial charge in [0, 0.05) is 0 Å². The van der Waals surface area contributed by atoms with Crippen LogP contribution in [0.5, 0.6) is 0 Å². The maximum Gasteiger partial charge on any atom is 0.784 e. The van der Waals surface area contributed by atoms with E-state index in [0.717, 1.165) is 0 Å². The molecule has 24 heavy (non-hydrogen) atoms. The van der Waals surface area contributed by atoms with Crippen LogP contribution in [0.4, 0.5) is 0 Å². The predicted molar refractivity (Wildman–Crippen MR) is 81.8 cm³/mol. The van der Waals surface area contributed by atoms with Gasteiger partial charge in [-0.05, 0) is 27.7 Å². The summed E-state index contributed by atoms with van der Waals surface area (Å²) in [5.41, 5.74) is 0. The van der Waals surface area contributed by atoms with Crippen LogP contribution in [-0.4, -0.2) is 61.5 Å². The van der Waals surface area contributed by atoms with Crippen molar-refractivity contribution in [2.24, 2.45) is 0 Å². The molecule has 0 aliphatic carbocycles. The van der Waals surface area contributed by atoms with Gasteiger partial charge in [0.25, 0.3) is 23.9 Å². The third kappa shape index (κ3) is 4.95. The summed E-state index contributed by atoms with van der Waals surface area (Å²) in [6.45, 7) is 10.9. The molecule has 2 rings (SSSR count). The minimum absolute atomic E-state index is 0.612. The minimum atomic E-state index is -3.36. The van der Waals surface area contributed by atoms with Crippen LogP contribution in [0, 0.1) is 0 Å². The van der Waals surface area contributed by atoms with E-state index in [0.29, 0.717) is 0 Å². The number of carbonyl (C=O) groups is 4. The summed E-state index contributed by atoms with van der Waals surface area (Å²) in [4.78, 5) is 43.5. The fraction of sp³-hybridized carbons (Fsp3) is 0.714. The predicted octanol–water partition coefficient (Wildman–Crippen LogP) is 0.285. The molecule has 0 aromatic rings. The monoisotopic (exact) mass is 345 g/mol. The lowest BCUT2D eigenvalue weighted by Crippen LogP contribution is -2.59. The van der Waals surface area contributed by atoms with E-state index in [1.54, 1.807) is 0 Å². The van der Waals surface area contributed by atoms with Crippen molar-refractivity contribution in [2.75, 3.05) is 26.2 Å². The number of hydrogen-bond acceptors (Lipinski definition) is 8. The van der Waals surface area contributed by atoms with Gasteiger partial charge in [-0.1, -0.05) is 0 Å². The van der Waals surface area contributed by atoms with Gasteiger partial charge in [0.15, 0.2) is 0 Å². The average molecular weight is 345 g/mol. The Labute approximate surface area is 140 Å². The van der Waals surface area contributed by atoms with Crippen molar-refractivity contribution in [3.8, 4) is 0 Å². The van der Waals surface area contributed by atoms with E-state index in [9.17, 15) is 19.2 Å². The molecule has 0 bridgehead atoms. The molecule has 0 unspecified atom stereocenters. The summed E-state index contributed by atoms with van der Waals surface area (Å²) in [6.07, 6.45) is -1.22. The van der Waals surface area contributed by atoms with Crippen molar-refractivity contribution in [2.45, 2.75) is 40.5 Å². The molecule has 1 spiro atoms. The highest BCUT2D eigenvalue weighted by Crippen LogP contribution is 2.23. The fourth-order valence-corrected chi connectivity index (χ4v) is 2.53. The summed E-state index contributed by atoms with van der Waals surface area (Å²) in [5.74, 6) is -3.91. The molecular weight excluding hydrogens is 321 g/mol. The molecule has 2 aliphatic heterocycles. The summed E-state index contributed by atoms with van der Waals surface area (Å²) in [6, 6.07) is 0. The molecule has 0 atom stereocenters. The average Bonchev–Trinajstić information content (AvgIpc) is 2.48. The van der Waals surface area contributed by atoms with Crippen LogP contribution in [0.1, 0.15) is 40.5 Å². The van der Waals surface area contributed by atoms with Crippen LogP contribution in [0.15, 0.2) is 0 Å². The molecule has 136 valence electrons. The van der Waals surface area contributed by atoms with Crippen LogP contribution in [0.2, 0.25) is 0 Å². The fourth-order valence-electron chi connectivity index (χ4n) is 2.53. The standard InChI is InChI=1S/C8H20N.C6H4BO8/c1-5-9(6-2,7-3)8-4;8-3-1-4(9)13-7(12-3)14-5(10)2-6(11)15-7/h5-8H2,1-4H3;1-2H2/q+1;-1. The van der Waals surface area contributed by atoms with Crippen LogP contribution >= 0.6 is 0 Å². The van der Waals surface area contributed by atoms with Crippen molar-refractivity contribution < 1.29 is 42.3 Å². The first-order valence-corrected chi connectivity index (χ1v) is 8.08. The Hall–Kier alpha value is -2.10. The Morgan fingerprint density at radius 1 is 0.667 bits per heavy atom. The Balaban J connectivity index is 0.000000277. The molecule has 0 aromatic heterocycles. The van der Waals surface area contributed by atoms with E-state index < -0.39 is 43.7 Å². The Morgan fingerprint density at radius 3 is 1.08 bits per heavy atom. The first kappa shape index (κ1) is 20.0. The number of rotatable bonds is 4. The lowest BCUT2D eigenvalue weighted by Gasteiger charge is -2.42. The second kappa shape index (κ2) is 8.14. The lowest BCUT2D eigenvalue weighted by atomic mass is 10.0. The van der Waals surface area contributed by atoms with Crippen molar-refractivity contribution in [3.63, 3.8) is 0 Å². The molecule has 0 amide bonds. The molecule has 2 saturated heterocycles. The van der Waals surface area contributed by atoms with Gasteiger partial charge >= 0.3 is 6.96 Å². The zero-order valence-corrected chi connectivity index (χ0v) is 14.5. The topological polar surface area (TPSA) is 105 Å². The van der Waals surface area contributed by atoms with Crippen molar-refractivity contribution in [1.29, 1.82) is 0 Å². The minimum Gasteiger partial charge on any atom is -0.584 e. The molecule has 9 nitrogen and oxygen atoms in total. The second-order valence-corrected chi connectivity index (χ2v) is 5.50. The highest BCUT2D eigenvalue weighted by Gasteiger charge is 2.53. The molecular formula is C14H24BNO8. The molecule has 2 fully saturated rings. The van der Waals surface area contributed by atoms with E-state index in [4.69, 9.17) is 0 Å². The normalized spacial score (nSPS) is 19.5. The Kier molecular flexibility index (Phi) is 6.76. The molecule has 0 aromatic carbocycles. The van der Waals surface area contributed by atoms with Crippen LogP contribution < -0.4 is 0 Å². The van der Waals surface area contributed by atoms with E-state index >= 15 is 0 Å². The number of nitrogens with zero attached hydrogens (tertiary/aromatic N) is 1. The third-order valence-corrected chi connectivity index (χ3v) is 4.36. The van der Waals surface area contributed by atoms with Crippen LogP contribution in [-0.2, 0) is 37.8 Å². The molecule has 2 heterocycles. The van der Waals surface area contributed by atoms with Crippen LogP contribution in [0.3, 0.4) is 0 Å². The largest absolute Gasteiger partial charge is 0.784 e. The molecule has 10 heteroatoms. The maximum atomic E-state index is 10.9. The third-order valence-electron chi connectivity index (χ3n) is 4.36. The van der Waals surface area contributed by atoms with Crippen molar-refractivity contribution in [3.05, 3.63) is 0 Å². The van der Waals surface area contributed by atoms with E-state index in [-0.39, 0.29) is 0 Å². The molecule has 0 saturated carbocycles. The zero-order valence-electron chi connectivity index (χ0n) is 14.5. The van der Waals surface area contributed by atoms with Crippen molar-refractivity contribution >= 4 is 30.8 Å². The molecule has 2 aliphatic rings. The smallest absolute Gasteiger partial charge is 0.584 e. The van der Waals surface area contributed by atoms with E-state index in [2.05, 4.69) is 46.3 Å².